The Hall–Kier alpha value is -0.850. The van der Waals surface area contributed by atoms with Crippen molar-refractivity contribution < 1.29 is 14.7 Å². The highest BCUT2D eigenvalue weighted by Crippen LogP contribution is 1.93. The fourth-order valence-corrected chi connectivity index (χ4v) is 1.06. The number of ether oxygens (including phenoxy) is 2. The van der Waals surface area contributed by atoms with E-state index in [0.717, 1.165) is 0 Å². The molecule has 0 heterocycles. The average Bonchev–Trinajstić information content (AvgIpc) is 2.26. The maximum atomic E-state index is 8.43. The normalized spacial score (nSPS) is 16.3. The van der Waals surface area contributed by atoms with Crippen LogP contribution in [-0.2, 0) is 9.47 Å². The van der Waals surface area contributed by atoms with Gasteiger partial charge in [-0.2, -0.15) is 0 Å². The summed E-state index contributed by atoms with van der Waals surface area (Å²) >= 11 is 0. The zero-order valence-electron chi connectivity index (χ0n) is 9.56. The van der Waals surface area contributed by atoms with Crippen LogP contribution < -0.4 is 11.1 Å². The predicted molar refractivity (Wildman–Crippen MR) is 58.1 cm³/mol. The Balaban J connectivity index is 3.67. The third-order valence-electron chi connectivity index (χ3n) is 2.13. The molecule has 0 aromatic rings. The number of oxime groups is 1. The van der Waals surface area contributed by atoms with Crippen LogP contribution in [0.2, 0.25) is 0 Å². The number of nitrogens with zero attached hydrogens (tertiary/aromatic N) is 1. The molecule has 15 heavy (non-hydrogen) atoms. The van der Waals surface area contributed by atoms with E-state index in [-0.39, 0.29) is 17.9 Å². The molecule has 0 aliphatic carbocycles. The Morgan fingerprint density at radius 2 is 2.13 bits per heavy atom. The second-order valence-corrected chi connectivity index (χ2v) is 3.40. The number of hydrogen-bond acceptors (Lipinski definition) is 5. The molecule has 2 unspecified atom stereocenters. The first kappa shape index (κ1) is 14.2. The van der Waals surface area contributed by atoms with Crippen LogP contribution in [-0.4, -0.2) is 51.1 Å². The molecule has 6 heteroatoms. The summed E-state index contributed by atoms with van der Waals surface area (Å²) in [5.41, 5.74) is 5.43. The monoisotopic (exact) mass is 219 g/mol. The van der Waals surface area contributed by atoms with Gasteiger partial charge in [-0.15, -0.1) is 0 Å². The summed E-state index contributed by atoms with van der Waals surface area (Å²) in [6.45, 7) is 3.73. The molecule has 0 aromatic carbocycles. The first-order valence-electron chi connectivity index (χ1n) is 4.85. The highest BCUT2D eigenvalue weighted by molar-refractivity contribution is 5.82. The second kappa shape index (κ2) is 8.46. The smallest absolute Gasteiger partial charge is 0.143 e. The number of rotatable bonds is 8. The van der Waals surface area contributed by atoms with Gasteiger partial charge in [0.25, 0.3) is 0 Å². The summed E-state index contributed by atoms with van der Waals surface area (Å²) in [5, 5.41) is 14.5. The number of methoxy groups -OCH3 is 2. The molecule has 6 nitrogen and oxygen atoms in total. The summed E-state index contributed by atoms with van der Waals surface area (Å²) in [6.07, 6.45) is 0.0227. The number of nitrogens with one attached hydrogen (secondary N) is 1. The van der Waals surface area contributed by atoms with Crippen LogP contribution in [0.5, 0.6) is 0 Å². The molecule has 0 aliphatic heterocycles. The highest BCUT2D eigenvalue weighted by atomic mass is 16.5. The Labute approximate surface area is 90.4 Å². The van der Waals surface area contributed by atoms with Crippen LogP contribution in [0.3, 0.4) is 0 Å². The second-order valence-electron chi connectivity index (χ2n) is 3.40. The lowest BCUT2D eigenvalue weighted by Gasteiger charge is -2.16. The largest absolute Gasteiger partial charge is 0.409 e. The first-order chi connectivity index (χ1) is 7.15. The van der Waals surface area contributed by atoms with Crippen molar-refractivity contribution in [3.8, 4) is 0 Å². The molecular formula is C9H21N3O3. The van der Waals surface area contributed by atoms with E-state index < -0.39 is 0 Å². The lowest BCUT2D eigenvalue weighted by atomic mass is 10.1. The van der Waals surface area contributed by atoms with Gasteiger partial charge in [0.2, 0.25) is 0 Å². The quantitative estimate of drug-likeness (QED) is 0.224. The van der Waals surface area contributed by atoms with Crippen molar-refractivity contribution in [3.05, 3.63) is 0 Å². The van der Waals surface area contributed by atoms with Gasteiger partial charge in [-0.3, -0.25) is 0 Å². The lowest BCUT2D eigenvalue weighted by molar-refractivity contribution is 0.0288. The molecule has 0 saturated heterocycles. The van der Waals surface area contributed by atoms with Crippen LogP contribution in [0, 0.1) is 5.92 Å². The summed E-state index contributed by atoms with van der Waals surface area (Å²) in [7, 11) is 3.27. The SMILES string of the molecule is COCC(CNCC(C)C(N)=NO)OC. The van der Waals surface area contributed by atoms with Crippen LogP contribution in [0.4, 0.5) is 0 Å². The van der Waals surface area contributed by atoms with Crippen LogP contribution in [0.1, 0.15) is 6.92 Å². The van der Waals surface area contributed by atoms with Crippen molar-refractivity contribution in [1.29, 1.82) is 0 Å². The standard InChI is InChI=1S/C9H21N3O3/c1-7(9(10)12-13)4-11-5-8(15-3)6-14-2/h7-8,11,13H,4-6H2,1-3H3,(H2,10,12). The molecule has 4 N–H and O–H groups in total. The summed E-state index contributed by atoms with van der Waals surface area (Å²) in [4.78, 5) is 0. The molecule has 0 fully saturated rings. The first-order valence-corrected chi connectivity index (χ1v) is 4.85. The number of nitrogens with two attached hydrogens (primary N) is 1. The molecular weight excluding hydrogens is 198 g/mol. The highest BCUT2D eigenvalue weighted by Gasteiger charge is 2.09. The topological polar surface area (TPSA) is 89.1 Å². The fourth-order valence-electron chi connectivity index (χ4n) is 1.06. The minimum absolute atomic E-state index is 0.00458. The molecule has 2 atom stereocenters. The van der Waals surface area contributed by atoms with E-state index in [1.165, 1.54) is 0 Å². The molecule has 0 spiro atoms. The van der Waals surface area contributed by atoms with Gasteiger partial charge >= 0.3 is 0 Å². The van der Waals surface area contributed by atoms with Gasteiger partial charge in [-0.1, -0.05) is 12.1 Å². The van der Waals surface area contributed by atoms with Crippen LogP contribution in [0.25, 0.3) is 0 Å². The third kappa shape index (κ3) is 6.27. The Morgan fingerprint density at radius 3 is 2.60 bits per heavy atom. The molecule has 0 bridgehead atoms. The van der Waals surface area contributed by atoms with Crippen LogP contribution >= 0.6 is 0 Å². The maximum absolute atomic E-state index is 8.43. The van der Waals surface area contributed by atoms with Crippen LogP contribution in [0.15, 0.2) is 5.16 Å². The van der Waals surface area contributed by atoms with Crippen molar-refractivity contribution in [1.82, 2.24) is 5.32 Å². The van der Waals surface area contributed by atoms with E-state index in [9.17, 15) is 0 Å². The summed E-state index contributed by atoms with van der Waals surface area (Å²) in [5.74, 6) is 0.221. The maximum Gasteiger partial charge on any atom is 0.143 e. The third-order valence-corrected chi connectivity index (χ3v) is 2.13. The molecule has 0 saturated carbocycles. The molecule has 90 valence electrons. The van der Waals surface area contributed by atoms with Gasteiger partial charge in [0.1, 0.15) is 5.84 Å². The zero-order chi connectivity index (χ0) is 11.7. The molecule has 0 radical (unpaired) electrons. The lowest BCUT2D eigenvalue weighted by Crippen LogP contribution is -2.37. The Kier molecular flexibility index (Phi) is 7.98. The average molecular weight is 219 g/mol. The van der Waals surface area contributed by atoms with E-state index in [0.29, 0.717) is 19.7 Å². The van der Waals surface area contributed by atoms with Crippen molar-refractivity contribution in [2.45, 2.75) is 13.0 Å². The van der Waals surface area contributed by atoms with Gasteiger partial charge < -0.3 is 25.7 Å². The summed E-state index contributed by atoms with van der Waals surface area (Å²) in [6, 6.07) is 0. The van der Waals surface area contributed by atoms with E-state index in [2.05, 4.69) is 10.5 Å². The molecule has 0 aromatic heterocycles. The minimum Gasteiger partial charge on any atom is -0.409 e. The van der Waals surface area contributed by atoms with E-state index >= 15 is 0 Å². The van der Waals surface area contributed by atoms with Gasteiger partial charge in [0.15, 0.2) is 0 Å². The van der Waals surface area contributed by atoms with Gasteiger partial charge in [-0.05, 0) is 0 Å². The van der Waals surface area contributed by atoms with Crippen molar-refractivity contribution in [2.24, 2.45) is 16.8 Å². The molecule has 0 amide bonds. The fraction of sp³-hybridized carbons (Fsp3) is 0.889. The van der Waals surface area contributed by atoms with Crippen molar-refractivity contribution in [3.63, 3.8) is 0 Å². The molecule has 0 rings (SSSR count). The Bertz CT molecular complexity index is 187. The van der Waals surface area contributed by atoms with Crippen molar-refractivity contribution >= 4 is 5.84 Å². The molecule has 0 aliphatic rings. The van der Waals surface area contributed by atoms with E-state index in [4.69, 9.17) is 20.4 Å². The van der Waals surface area contributed by atoms with Crippen molar-refractivity contribution in [2.75, 3.05) is 33.9 Å². The zero-order valence-corrected chi connectivity index (χ0v) is 9.56. The van der Waals surface area contributed by atoms with Gasteiger partial charge in [0, 0.05) is 33.2 Å². The van der Waals surface area contributed by atoms with E-state index in [1.807, 2.05) is 6.92 Å². The number of hydrogen-bond donors (Lipinski definition) is 3. The Morgan fingerprint density at radius 1 is 1.47 bits per heavy atom. The van der Waals surface area contributed by atoms with Gasteiger partial charge in [-0.25, -0.2) is 0 Å². The van der Waals surface area contributed by atoms with E-state index in [1.54, 1.807) is 14.2 Å². The minimum atomic E-state index is -0.00458. The predicted octanol–water partition coefficient (Wildman–Crippen LogP) is -0.380. The summed E-state index contributed by atoms with van der Waals surface area (Å²) < 4.78 is 10.1. The van der Waals surface area contributed by atoms with Gasteiger partial charge in [0.05, 0.1) is 12.7 Å². The number of amidine groups is 1.